The third-order valence-corrected chi connectivity index (χ3v) is 4.14. The molecule has 1 N–H and O–H groups in total. The molecule has 3 heteroatoms. The second-order valence-corrected chi connectivity index (χ2v) is 5.54. The Morgan fingerprint density at radius 2 is 2.24 bits per heavy atom. The van der Waals surface area contributed by atoms with Gasteiger partial charge in [-0.3, -0.25) is 0 Å². The fourth-order valence-corrected chi connectivity index (χ4v) is 3.16. The van der Waals surface area contributed by atoms with Gasteiger partial charge in [-0.2, -0.15) is 0 Å². The molecule has 3 rings (SSSR count). The molecule has 0 fully saturated rings. The number of carbonyl (C=O) groups excluding carboxylic acids is 1. The average molecular weight is 283 g/mol. The van der Waals surface area contributed by atoms with E-state index in [4.69, 9.17) is 4.74 Å². The van der Waals surface area contributed by atoms with Crippen molar-refractivity contribution >= 4 is 11.7 Å². The predicted octanol–water partition coefficient (Wildman–Crippen LogP) is 4.02. The van der Waals surface area contributed by atoms with E-state index in [1.54, 1.807) is 0 Å². The fourth-order valence-electron chi connectivity index (χ4n) is 3.16. The number of rotatable bonds is 4. The van der Waals surface area contributed by atoms with Gasteiger partial charge in [-0.05, 0) is 41.5 Å². The molecule has 21 heavy (non-hydrogen) atoms. The molecule has 0 saturated carbocycles. The van der Waals surface area contributed by atoms with Crippen LogP contribution in [0.2, 0.25) is 0 Å². The van der Waals surface area contributed by atoms with E-state index in [1.165, 1.54) is 22.3 Å². The second-order valence-electron chi connectivity index (χ2n) is 5.54. The van der Waals surface area contributed by atoms with Crippen LogP contribution in [0.5, 0.6) is 0 Å². The highest BCUT2D eigenvalue weighted by Crippen LogP contribution is 2.46. The van der Waals surface area contributed by atoms with Crippen LogP contribution in [-0.2, 0) is 4.74 Å². The maximum Gasteiger partial charge on any atom is 0.407 e. The molecule has 2 aliphatic rings. The first-order chi connectivity index (χ1) is 10.3. The Hall–Kier alpha value is -2.03. The molecule has 0 aromatic heterocycles. The number of benzene rings is 1. The van der Waals surface area contributed by atoms with Crippen molar-refractivity contribution in [3.8, 4) is 0 Å². The second kappa shape index (κ2) is 6.17. The average Bonchev–Trinajstić information content (AvgIpc) is 2.85. The maximum absolute atomic E-state index is 11.7. The van der Waals surface area contributed by atoms with Crippen LogP contribution in [-0.4, -0.2) is 19.2 Å². The van der Waals surface area contributed by atoms with Crippen molar-refractivity contribution in [3.63, 3.8) is 0 Å². The highest BCUT2D eigenvalue weighted by atomic mass is 16.5. The Morgan fingerprint density at radius 1 is 1.38 bits per heavy atom. The molecular weight excluding hydrogens is 262 g/mol. The molecule has 1 aromatic carbocycles. The van der Waals surface area contributed by atoms with Crippen molar-refractivity contribution < 1.29 is 9.53 Å². The topological polar surface area (TPSA) is 38.3 Å². The van der Waals surface area contributed by atoms with Crippen LogP contribution < -0.4 is 5.32 Å². The van der Waals surface area contributed by atoms with E-state index in [-0.39, 0.29) is 12.0 Å². The molecular formula is C18H21NO2. The largest absolute Gasteiger partial charge is 0.449 e. The summed E-state index contributed by atoms with van der Waals surface area (Å²) in [6.07, 6.45) is 7.20. The predicted molar refractivity (Wildman–Crippen MR) is 84.1 cm³/mol. The molecule has 2 aliphatic carbocycles. The van der Waals surface area contributed by atoms with Crippen molar-refractivity contribution in [2.75, 3.05) is 13.2 Å². The van der Waals surface area contributed by atoms with E-state index >= 15 is 0 Å². The lowest BCUT2D eigenvalue weighted by molar-refractivity contribution is 0.143. The van der Waals surface area contributed by atoms with Gasteiger partial charge in [0.2, 0.25) is 0 Å². The number of alkyl carbamates (subject to hydrolysis) is 1. The smallest absolute Gasteiger partial charge is 0.407 e. The third kappa shape index (κ3) is 2.73. The summed E-state index contributed by atoms with van der Waals surface area (Å²) in [6.45, 7) is 3.10. The van der Waals surface area contributed by atoms with Gasteiger partial charge in [-0.15, -0.1) is 0 Å². The summed E-state index contributed by atoms with van der Waals surface area (Å²) in [5, 5.41) is 2.76. The summed E-state index contributed by atoms with van der Waals surface area (Å²) in [5.74, 6) is 0.181. The van der Waals surface area contributed by atoms with Crippen LogP contribution in [0.4, 0.5) is 4.79 Å². The number of carbonyl (C=O) groups is 1. The summed E-state index contributed by atoms with van der Waals surface area (Å²) in [7, 11) is 0. The summed E-state index contributed by atoms with van der Waals surface area (Å²) in [6, 6.07) is 8.48. The summed E-state index contributed by atoms with van der Waals surface area (Å²) in [5.41, 5.74) is 5.37. The lowest BCUT2D eigenvalue weighted by atomic mass is 9.93. The van der Waals surface area contributed by atoms with Gasteiger partial charge in [0.05, 0.1) is 0 Å². The van der Waals surface area contributed by atoms with Gasteiger partial charge >= 0.3 is 6.09 Å². The van der Waals surface area contributed by atoms with Gasteiger partial charge in [-0.1, -0.05) is 43.3 Å². The zero-order chi connectivity index (χ0) is 14.7. The van der Waals surface area contributed by atoms with Crippen molar-refractivity contribution in [2.24, 2.45) is 0 Å². The molecule has 1 atom stereocenters. The first-order valence-corrected chi connectivity index (χ1v) is 7.70. The molecule has 110 valence electrons. The number of allylic oxidation sites excluding steroid dienone is 3. The Balaban J connectivity index is 1.77. The van der Waals surface area contributed by atoms with Crippen LogP contribution in [0.25, 0.3) is 5.57 Å². The minimum Gasteiger partial charge on any atom is -0.449 e. The van der Waals surface area contributed by atoms with Crippen LogP contribution in [0.15, 0.2) is 42.0 Å². The van der Waals surface area contributed by atoms with E-state index in [2.05, 4.69) is 41.7 Å². The van der Waals surface area contributed by atoms with Crippen LogP contribution >= 0.6 is 0 Å². The zero-order valence-corrected chi connectivity index (χ0v) is 12.4. The number of amides is 1. The van der Waals surface area contributed by atoms with Gasteiger partial charge in [0.25, 0.3) is 0 Å². The van der Waals surface area contributed by atoms with Crippen LogP contribution in [0.3, 0.4) is 0 Å². The normalized spacial score (nSPS) is 19.2. The van der Waals surface area contributed by atoms with E-state index in [1.807, 2.05) is 6.92 Å². The van der Waals surface area contributed by atoms with Gasteiger partial charge in [0, 0.05) is 12.5 Å². The molecule has 1 amide bonds. The Labute approximate surface area is 125 Å². The number of ether oxygens (including phenoxy) is 1. The quantitative estimate of drug-likeness (QED) is 0.906. The SMILES string of the molecule is CCCNC(=O)OCC1C2=C(CCC=C2)c2ccccc21. The molecule has 0 bridgehead atoms. The molecule has 0 spiro atoms. The van der Waals surface area contributed by atoms with Gasteiger partial charge in [0.1, 0.15) is 6.61 Å². The highest BCUT2D eigenvalue weighted by molar-refractivity contribution is 5.81. The molecule has 1 aromatic rings. The molecule has 0 radical (unpaired) electrons. The Bertz CT molecular complexity index is 601. The minimum atomic E-state index is -0.317. The summed E-state index contributed by atoms with van der Waals surface area (Å²) >= 11 is 0. The van der Waals surface area contributed by atoms with Crippen molar-refractivity contribution in [1.82, 2.24) is 5.32 Å². The lowest BCUT2D eigenvalue weighted by Crippen LogP contribution is -2.26. The lowest BCUT2D eigenvalue weighted by Gasteiger charge is -2.16. The Kier molecular flexibility index (Phi) is 4.09. The summed E-state index contributed by atoms with van der Waals surface area (Å²) in [4.78, 5) is 11.7. The van der Waals surface area contributed by atoms with Crippen LogP contribution in [0, 0.1) is 0 Å². The minimum absolute atomic E-state index is 0.181. The first-order valence-electron chi connectivity index (χ1n) is 7.70. The number of nitrogens with one attached hydrogen (secondary N) is 1. The van der Waals surface area contributed by atoms with Gasteiger partial charge < -0.3 is 10.1 Å². The molecule has 0 saturated heterocycles. The van der Waals surface area contributed by atoms with Crippen molar-refractivity contribution in [2.45, 2.75) is 32.1 Å². The number of fused-ring (bicyclic) bond motifs is 2. The van der Waals surface area contributed by atoms with E-state index in [9.17, 15) is 4.79 Å². The van der Waals surface area contributed by atoms with Gasteiger partial charge in [0.15, 0.2) is 0 Å². The van der Waals surface area contributed by atoms with E-state index < -0.39 is 0 Å². The summed E-state index contributed by atoms with van der Waals surface area (Å²) < 4.78 is 5.42. The maximum atomic E-state index is 11.7. The fraction of sp³-hybridized carbons (Fsp3) is 0.389. The van der Waals surface area contributed by atoms with E-state index in [0.29, 0.717) is 13.2 Å². The zero-order valence-electron chi connectivity index (χ0n) is 12.4. The standard InChI is InChI=1S/C18H21NO2/c1-2-11-19-18(20)21-12-17-15-9-5-3-7-13(15)14-8-4-6-10-16(14)17/h3,5-7,9-10,17H,2,4,8,11-12H2,1H3,(H,19,20). The molecule has 0 heterocycles. The monoisotopic (exact) mass is 283 g/mol. The number of hydrogen-bond acceptors (Lipinski definition) is 2. The molecule has 0 aliphatic heterocycles. The Morgan fingerprint density at radius 3 is 3.10 bits per heavy atom. The number of hydrogen-bond donors (Lipinski definition) is 1. The van der Waals surface area contributed by atoms with Crippen molar-refractivity contribution in [3.05, 3.63) is 53.1 Å². The van der Waals surface area contributed by atoms with Crippen LogP contribution in [0.1, 0.15) is 43.2 Å². The molecule has 3 nitrogen and oxygen atoms in total. The van der Waals surface area contributed by atoms with Crippen molar-refractivity contribution in [1.29, 1.82) is 0 Å². The molecule has 1 unspecified atom stereocenters. The van der Waals surface area contributed by atoms with E-state index in [0.717, 1.165) is 19.3 Å². The van der Waals surface area contributed by atoms with Gasteiger partial charge in [-0.25, -0.2) is 4.79 Å². The first kappa shape index (κ1) is 13.9. The highest BCUT2D eigenvalue weighted by Gasteiger charge is 2.31. The third-order valence-electron chi connectivity index (χ3n) is 4.14.